The molecule has 0 amide bonds. The first kappa shape index (κ1) is 10.6. The van der Waals surface area contributed by atoms with E-state index in [1.165, 1.54) is 25.7 Å². The molecule has 4 heteroatoms. The Balaban J connectivity index is 1.70. The summed E-state index contributed by atoms with van der Waals surface area (Å²) in [7, 11) is 0. The van der Waals surface area contributed by atoms with Gasteiger partial charge < -0.3 is 10.4 Å². The summed E-state index contributed by atoms with van der Waals surface area (Å²) in [6, 6.07) is 3.25. The Morgan fingerprint density at radius 1 is 1.53 bits per heavy atom. The summed E-state index contributed by atoms with van der Waals surface area (Å²) in [6.07, 6.45) is 6.87. The highest BCUT2D eigenvalue weighted by atomic mass is 16.4. The molecule has 2 saturated carbocycles. The first-order chi connectivity index (χ1) is 8.21. The summed E-state index contributed by atoms with van der Waals surface area (Å²) in [4.78, 5) is 15.1. The van der Waals surface area contributed by atoms with Crippen molar-refractivity contribution >= 4 is 11.8 Å². The van der Waals surface area contributed by atoms with Gasteiger partial charge in [-0.2, -0.15) is 0 Å². The number of carbonyl (C=O) groups is 1. The van der Waals surface area contributed by atoms with E-state index in [1.54, 1.807) is 18.3 Å². The molecule has 0 spiro atoms. The lowest BCUT2D eigenvalue weighted by Crippen LogP contribution is -2.19. The molecule has 0 aromatic carbocycles. The normalized spacial score (nSPS) is 20.9. The molecule has 1 aromatic heterocycles. The Kier molecular flexibility index (Phi) is 2.31. The fraction of sp³-hybridized carbons (Fsp3) is 0.538. The molecule has 1 aromatic rings. The van der Waals surface area contributed by atoms with E-state index in [1.807, 2.05) is 0 Å². The summed E-state index contributed by atoms with van der Waals surface area (Å²) in [6.45, 7) is 0.870. The van der Waals surface area contributed by atoms with Crippen molar-refractivity contribution in [1.29, 1.82) is 0 Å². The van der Waals surface area contributed by atoms with E-state index in [2.05, 4.69) is 10.3 Å². The number of aromatic nitrogens is 1. The van der Waals surface area contributed by atoms with Crippen LogP contribution in [0.3, 0.4) is 0 Å². The zero-order valence-corrected chi connectivity index (χ0v) is 9.65. The summed E-state index contributed by atoms with van der Waals surface area (Å²) in [5.74, 6) is 0.454. The average molecular weight is 232 g/mol. The number of rotatable bonds is 5. The molecule has 0 aliphatic heterocycles. The Morgan fingerprint density at radius 3 is 2.88 bits per heavy atom. The molecule has 2 aliphatic carbocycles. The lowest BCUT2D eigenvalue weighted by atomic mass is 10.0. The van der Waals surface area contributed by atoms with Crippen molar-refractivity contribution in [3.63, 3.8) is 0 Å². The zero-order chi connectivity index (χ0) is 11.9. The molecule has 0 atom stereocenters. The third kappa shape index (κ3) is 1.99. The summed E-state index contributed by atoms with van der Waals surface area (Å²) >= 11 is 0. The molecular weight excluding hydrogens is 216 g/mol. The molecule has 2 fully saturated rings. The van der Waals surface area contributed by atoms with Crippen molar-refractivity contribution in [2.24, 2.45) is 11.3 Å². The zero-order valence-electron chi connectivity index (χ0n) is 9.65. The number of carboxylic acid groups (broad SMARTS) is 1. The van der Waals surface area contributed by atoms with E-state index < -0.39 is 5.97 Å². The first-order valence-electron chi connectivity index (χ1n) is 6.13. The maximum Gasteiger partial charge on any atom is 0.339 e. The maximum atomic E-state index is 11.0. The number of aromatic carboxylic acids is 1. The van der Waals surface area contributed by atoms with Crippen LogP contribution in [-0.4, -0.2) is 22.6 Å². The van der Waals surface area contributed by atoms with Gasteiger partial charge in [-0.1, -0.05) is 0 Å². The van der Waals surface area contributed by atoms with Crippen LogP contribution in [0.15, 0.2) is 18.3 Å². The molecule has 2 aliphatic rings. The van der Waals surface area contributed by atoms with Crippen LogP contribution >= 0.6 is 0 Å². The van der Waals surface area contributed by atoms with Gasteiger partial charge in [0.25, 0.3) is 0 Å². The number of pyridine rings is 1. The lowest BCUT2D eigenvalue weighted by Gasteiger charge is -2.16. The number of hydrogen-bond donors (Lipinski definition) is 2. The Bertz CT molecular complexity index is 450. The van der Waals surface area contributed by atoms with E-state index in [0.29, 0.717) is 11.2 Å². The van der Waals surface area contributed by atoms with E-state index in [0.717, 1.165) is 12.5 Å². The molecule has 3 rings (SSSR count). The van der Waals surface area contributed by atoms with E-state index >= 15 is 0 Å². The van der Waals surface area contributed by atoms with Crippen molar-refractivity contribution in [3.05, 3.63) is 23.9 Å². The van der Waals surface area contributed by atoms with Crippen LogP contribution in [0.5, 0.6) is 0 Å². The largest absolute Gasteiger partial charge is 0.478 e. The van der Waals surface area contributed by atoms with Gasteiger partial charge in [-0.25, -0.2) is 9.78 Å². The molecule has 90 valence electrons. The summed E-state index contributed by atoms with van der Waals surface area (Å²) in [5.41, 5.74) is 0.715. The second-order valence-corrected chi connectivity index (χ2v) is 5.19. The Hall–Kier alpha value is -1.58. The highest BCUT2D eigenvalue weighted by Crippen LogP contribution is 2.61. The van der Waals surface area contributed by atoms with Gasteiger partial charge in [-0.05, 0) is 49.1 Å². The molecular formula is C13H16N2O2. The van der Waals surface area contributed by atoms with E-state index in [9.17, 15) is 4.79 Å². The Morgan fingerprint density at radius 2 is 2.29 bits per heavy atom. The van der Waals surface area contributed by atoms with Crippen LogP contribution in [0, 0.1) is 11.3 Å². The second kappa shape index (κ2) is 3.72. The number of hydrogen-bond acceptors (Lipinski definition) is 3. The first-order valence-corrected chi connectivity index (χ1v) is 6.13. The van der Waals surface area contributed by atoms with Crippen molar-refractivity contribution < 1.29 is 9.90 Å². The van der Waals surface area contributed by atoms with Crippen LogP contribution in [0.25, 0.3) is 0 Å². The highest BCUT2D eigenvalue weighted by Gasteiger charge is 2.53. The molecule has 4 nitrogen and oxygen atoms in total. The van der Waals surface area contributed by atoms with Gasteiger partial charge in [0.2, 0.25) is 0 Å². The predicted molar refractivity (Wildman–Crippen MR) is 64.1 cm³/mol. The van der Waals surface area contributed by atoms with Gasteiger partial charge in [0, 0.05) is 12.7 Å². The summed E-state index contributed by atoms with van der Waals surface area (Å²) < 4.78 is 0. The Labute approximate surface area is 100 Å². The SMILES string of the molecule is O=C(O)c1cccnc1NCC1(C2CC2)CC1. The smallest absolute Gasteiger partial charge is 0.339 e. The monoisotopic (exact) mass is 232 g/mol. The third-order valence-electron chi connectivity index (χ3n) is 3.98. The van der Waals surface area contributed by atoms with Gasteiger partial charge in [-0.15, -0.1) is 0 Å². The molecule has 0 radical (unpaired) electrons. The summed E-state index contributed by atoms with van der Waals surface area (Å²) in [5, 5.41) is 12.3. The van der Waals surface area contributed by atoms with Gasteiger partial charge in [0.15, 0.2) is 0 Å². The van der Waals surface area contributed by atoms with Crippen molar-refractivity contribution in [3.8, 4) is 0 Å². The minimum atomic E-state index is -0.920. The molecule has 0 unspecified atom stereocenters. The average Bonchev–Trinajstić information content (AvgIpc) is 3.17. The topological polar surface area (TPSA) is 62.2 Å². The van der Waals surface area contributed by atoms with Crippen molar-refractivity contribution in [2.45, 2.75) is 25.7 Å². The fourth-order valence-corrected chi connectivity index (χ4v) is 2.56. The minimum absolute atomic E-state index is 0.263. The van der Waals surface area contributed by atoms with Crippen LogP contribution in [0.4, 0.5) is 5.82 Å². The van der Waals surface area contributed by atoms with Crippen LogP contribution in [0.2, 0.25) is 0 Å². The van der Waals surface area contributed by atoms with Gasteiger partial charge in [0.05, 0.1) is 0 Å². The quantitative estimate of drug-likeness (QED) is 0.818. The molecule has 2 N–H and O–H groups in total. The molecule has 0 saturated heterocycles. The molecule has 1 heterocycles. The van der Waals surface area contributed by atoms with Gasteiger partial charge >= 0.3 is 5.97 Å². The van der Waals surface area contributed by atoms with E-state index in [-0.39, 0.29) is 5.56 Å². The van der Waals surface area contributed by atoms with Crippen LogP contribution in [-0.2, 0) is 0 Å². The highest BCUT2D eigenvalue weighted by molar-refractivity contribution is 5.92. The van der Waals surface area contributed by atoms with Crippen molar-refractivity contribution in [2.75, 3.05) is 11.9 Å². The molecule has 0 bridgehead atoms. The van der Waals surface area contributed by atoms with Gasteiger partial charge in [-0.3, -0.25) is 0 Å². The van der Waals surface area contributed by atoms with Crippen LogP contribution < -0.4 is 5.32 Å². The van der Waals surface area contributed by atoms with E-state index in [4.69, 9.17) is 5.11 Å². The van der Waals surface area contributed by atoms with Gasteiger partial charge in [0.1, 0.15) is 11.4 Å². The van der Waals surface area contributed by atoms with Crippen molar-refractivity contribution in [1.82, 2.24) is 4.98 Å². The fourth-order valence-electron chi connectivity index (χ4n) is 2.56. The maximum absolute atomic E-state index is 11.0. The van der Waals surface area contributed by atoms with Crippen LogP contribution in [0.1, 0.15) is 36.0 Å². The second-order valence-electron chi connectivity index (χ2n) is 5.19. The third-order valence-corrected chi connectivity index (χ3v) is 3.98. The number of anilines is 1. The molecule has 17 heavy (non-hydrogen) atoms. The number of carboxylic acids is 1. The lowest BCUT2D eigenvalue weighted by molar-refractivity contribution is 0.0697. The number of nitrogens with one attached hydrogen (secondary N) is 1. The number of nitrogens with zero attached hydrogens (tertiary/aromatic N) is 1. The standard InChI is InChI=1S/C13H16N2O2/c16-12(17)10-2-1-7-14-11(10)15-8-13(5-6-13)9-3-4-9/h1-2,7,9H,3-6,8H2,(H,14,15)(H,16,17). The minimum Gasteiger partial charge on any atom is -0.478 e. The predicted octanol–water partition coefficient (Wildman–Crippen LogP) is 2.38.